The minimum atomic E-state index is -0.470. The van der Waals surface area contributed by atoms with Crippen molar-refractivity contribution in [1.29, 1.82) is 0 Å². The van der Waals surface area contributed by atoms with Gasteiger partial charge in [0.25, 0.3) is 5.91 Å². The Labute approximate surface area is 149 Å². The Balaban J connectivity index is 1.97. The molecule has 0 bridgehead atoms. The fourth-order valence-corrected chi connectivity index (χ4v) is 2.82. The molecule has 5 nitrogen and oxygen atoms in total. The molecule has 3 aromatic rings. The summed E-state index contributed by atoms with van der Waals surface area (Å²) in [5, 5.41) is 4.02. The number of nitrogens with one attached hydrogen (secondary N) is 1. The second-order valence-corrected chi connectivity index (χ2v) is 6.06. The molecule has 2 aromatic carbocycles. The molecule has 25 heavy (non-hydrogen) atoms. The molecule has 6 heteroatoms. The highest BCUT2D eigenvalue weighted by atomic mass is 35.5. The number of hydrogen-bond acceptors (Lipinski definition) is 4. The number of halogens is 1. The van der Waals surface area contributed by atoms with E-state index >= 15 is 0 Å². The Morgan fingerprint density at radius 3 is 2.60 bits per heavy atom. The summed E-state index contributed by atoms with van der Waals surface area (Å²) < 4.78 is 10.4. The smallest absolute Gasteiger partial charge is 0.337 e. The van der Waals surface area contributed by atoms with Gasteiger partial charge in [0.1, 0.15) is 0 Å². The summed E-state index contributed by atoms with van der Waals surface area (Å²) in [5.41, 5.74) is 2.86. The number of hydrogen-bond donors (Lipinski definition) is 1. The number of anilines is 1. The van der Waals surface area contributed by atoms with Gasteiger partial charge in [-0.1, -0.05) is 29.8 Å². The summed E-state index contributed by atoms with van der Waals surface area (Å²) in [6.45, 7) is 3.63. The first-order valence-corrected chi connectivity index (χ1v) is 7.98. The molecule has 0 aliphatic carbocycles. The molecule has 0 atom stereocenters. The predicted octanol–water partition coefficient (Wildman–Crippen LogP) is 4.74. The zero-order valence-electron chi connectivity index (χ0n) is 14.0. The highest BCUT2D eigenvalue weighted by molar-refractivity contribution is 6.35. The fraction of sp³-hybridized carbons (Fsp3) is 0.158. The molecule has 128 valence electrons. The van der Waals surface area contributed by atoms with E-state index in [0.717, 1.165) is 10.9 Å². The summed E-state index contributed by atoms with van der Waals surface area (Å²) >= 11 is 6.13. The lowest BCUT2D eigenvalue weighted by atomic mass is 10.1. The van der Waals surface area contributed by atoms with Crippen LogP contribution in [-0.4, -0.2) is 19.0 Å². The van der Waals surface area contributed by atoms with Gasteiger partial charge >= 0.3 is 5.97 Å². The highest BCUT2D eigenvalue weighted by Crippen LogP contribution is 2.31. The molecule has 1 amide bonds. The van der Waals surface area contributed by atoms with E-state index in [2.05, 4.69) is 5.32 Å². The van der Waals surface area contributed by atoms with Crippen LogP contribution in [0.4, 0.5) is 5.69 Å². The van der Waals surface area contributed by atoms with Crippen LogP contribution in [-0.2, 0) is 4.74 Å². The van der Waals surface area contributed by atoms with E-state index in [1.807, 2.05) is 13.0 Å². The second kappa shape index (κ2) is 6.61. The number of aryl methyl sites for hydroxylation is 2. The number of rotatable bonds is 3. The van der Waals surface area contributed by atoms with Gasteiger partial charge in [0, 0.05) is 16.6 Å². The summed E-state index contributed by atoms with van der Waals surface area (Å²) in [6.07, 6.45) is 0. The van der Waals surface area contributed by atoms with Crippen LogP contribution in [0.2, 0.25) is 5.02 Å². The molecule has 0 unspecified atom stereocenters. The third-order valence-electron chi connectivity index (χ3n) is 4.03. The molecule has 0 radical (unpaired) electrons. The minimum absolute atomic E-state index is 0.186. The molecule has 0 saturated carbocycles. The first-order chi connectivity index (χ1) is 11.9. The van der Waals surface area contributed by atoms with Crippen LogP contribution in [0.5, 0.6) is 0 Å². The van der Waals surface area contributed by atoms with Crippen LogP contribution in [0.25, 0.3) is 11.0 Å². The van der Waals surface area contributed by atoms with Gasteiger partial charge in [-0.15, -0.1) is 0 Å². The Hall–Kier alpha value is -2.79. The van der Waals surface area contributed by atoms with Crippen LogP contribution in [0, 0.1) is 13.8 Å². The zero-order valence-corrected chi connectivity index (χ0v) is 14.7. The lowest BCUT2D eigenvalue weighted by molar-refractivity contribution is 0.0600. The largest absolute Gasteiger partial charge is 0.465 e. The third kappa shape index (κ3) is 3.10. The van der Waals surface area contributed by atoms with Crippen LogP contribution in [0.1, 0.15) is 32.0 Å². The molecule has 3 rings (SSSR count). The van der Waals surface area contributed by atoms with Crippen LogP contribution in [0.15, 0.2) is 40.8 Å². The van der Waals surface area contributed by atoms with Crippen molar-refractivity contribution >= 4 is 40.1 Å². The Bertz CT molecular complexity index is 990. The van der Waals surface area contributed by atoms with E-state index in [9.17, 15) is 9.59 Å². The molecule has 0 aliphatic rings. The number of ether oxygens (including phenoxy) is 1. The topological polar surface area (TPSA) is 68.5 Å². The van der Waals surface area contributed by atoms with Crippen LogP contribution >= 0.6 is 11.6 Å². The average molecular weight is 358 g/mol. The van der Waals surface area contributed by atoms with E-state index in [1.54, 1.807) is 37.3 Å². The maximum Gasteiger partial charge on any atom is 0.337 e. The molecule has 0 aliphatic heterocycles. The quantitative estimate of drug-likeness (QED) is 0.687. The van der Waals surface area contributed by atoms with E-state index in [1.165, 1.54) is 7.11 Å². The molecular formula is C19H16ClNO4. The average Bonchev–Trinajstić information content (AvgIpc) is 2.94. The van der Waals surface area contributed by atoms with E-state index in [-0.39, 0.29) is 5.76 Å². The van der Waals surface area contributed by atoms with Gasteiger partial charge in [0.15, 0.2) is 11.3 Å². The minimum Gasteiger partial charge on any atom is -0.465 e. The first kappa shape index (κ1) is 17.0. The normalized spacial score (nSPS) is 10.7. The highest BCUT2D eigenvalue weighted by Gasteiger charge is 2.20. The van der Waals surface area contributed by atoms with E-state index in [4.69, 9.17) is 20.8 Å². The standard InChI is InChI=1S/C19H16ClNO4/c1-10-7-8-12(19(23)24-3)9-15(10)21-18(22)16-11(2)13-5-4-6-14(20)17(13)25-16/h4-9H,1-3H3,(H,21,22). The van der Waals surface area contributed by atoms with Gasteiger partial charge in [0.05, 0.1) is 17.7 Å². The molecule has 1 N–H and O–H groups in total. The number of fused-ring (bicyclic) bond motifs is 1. The Morgan fingerprint density at radius 2 is 1.92 bits per heavy atom. The summed E-state index contributed by atoms with van der Waals surface area (Å²) in [7, 11) is 1.31. The van der Waals surface area contributed by atoms with Crippen molar-refractivity contribution in [2.24, 2.45) is 0 Å². The van der Waals surface area contributed by atoms with Crippen molar-refractivity contribution in [2.75, 3.05) is 12.4 Å². The molecule has 0 saturated heterocycles. The lowest BCUT2D eigenvalue weighted by Gasteiger charge is -2.09. The molecule has 1 heterocycles. The van der Waals surface area contributed by atoms with Crippen molar-refractivity contribution < 1.29 is 18.7 Å². The maximum absolute atomic E-state index is 12.7. The van der Waals surface area contributed by atoms with Crippen molar-refractivity contribution in [3.63, 3.8) is 0 Å². The Kier molecular flexibility index (Phi) is 4.51. The van der Waals surface area contributed by atoms with E-state index < -0.39 is 11.9 Å². The molecular weight excluding hydrogens is 342 g/mol. The first-order valence-electron chi connectivity index (χ1n) is 7.60. The van der Waals surface area contributed by atoms with E-state index in [0.29, 0.717) is 27.4 Å². The van der Waals surface area contributed by atoms with Crippen LogP contribution in [0.3, 0.4) is 0 Å². The zero-order chi connectivity index (χ0) is 18.1. The number of furan rings is 1. The van der Waals surface area contributed by atoms with Gasteiger partial charge in [-0.25, -0.2) is 4.79 Å². The van der Waals surface area contributed by atoms with Gasteiger partial charge in [-0.2, -0.15) is 0 Å². The number of para-hydroxylation sites is 1. The number of methoxy groups -OCH3 is 1. The number of amides is 1. The number of esters is 1. The van der Waals surface area contributed by atoms with Crippen molar-refractivity contribution in [3.05, 3.63) is 63.9 Å². The summed E-state index contributed by atoms with van der Waals surface area (Å²) in [6, 6.07) is 10.3. The summed E-state index contributed by atoms with van der Waals surface area (Å²) in [5.74, 6) is -0.692. The predicted molar refractivity (Wildman–Crippen MR) is 96.4 cm³/mol. The second-order valence-electron chi connectivity index (χ2n) is 5.65. The maximum atomic E-state index is 12.7. The van der Waals surface area contributed by atoms with Gasteiger partial charge in [-0.3, -0.25) is 4.79 Å². The third-order valence-corrected chi connectivity index (χ3v) is 4.33. The molecule has 0 spiro atoms. The van der Waals surface area contributed by atoms with Crippen molar-refractivity contribution in [1.82, 2.24) is 0 Å². The molecule has 0 fully saturated rings. The van der Waals surface area contributed by atoms with Gasteiger partial charge < -0.3 is 14.5 Å². The number of carbonyl (C=O) groups excluding carboxylic acids is 2. The monoisotopic (exact) mass is 357 g/mol. The van der Waals surface area contributed by atoms with Crippen molar-refractivity contribution in [2.45, 2.75) is 13.8 Å². The summed E-state index contributed by atoms with van der Waals surface area (Å²) in [4.78, 5) is 24.3. The Morgan fingerprint density at radius 1 is 1.16 bits per heavy atom. The lowest BCUT2D eigenvalue weighted by Crippen LogP contribution is -2.14. The fourth-order valence-electron chi connectivity index (χ4n) is 2.61. The number of carbonyl (C=O) groups is 2. The number of benzene rings is 2. The van der Waals surface area contributed by atoms with Crippen molar-refractivity contribution in [3.8, 4) is 0 Å². The van der Waals surface area contributed by atoms with Gasteiger partial charge in [-0.05, 0) is 37.6 Å². The molecule has 1 aromatic heterocycles. The van der Waals surface area contributed by atoms with Crippen LogP contribution < -0.4 is 5.32 Å². The van der Waals surface area contributed by atoms with Gasteiger partial charge in [0.2, 0.25) is 0 Å². The SMILES string of the molecule is COC(=O)c1ccc(C)c(NC(=O)c2oc3c(Cl)cccc3c2C)c1.